The molecule has 0 aliphatic rings. The SMILES string of the molecule is CCN(C(=O)CSc1nnc(-c2ccncc2)o1)c1cccc2ccccc12. The third-order valence-electron chi connectivity index (χ3n) is 4.33. The lowest BCUT2D eigenvalue weighted by Gasteiger charge is -2.22. The summed E-state index contributed by atoms with van der Waals surface area (Å²) in [5.74, 6) is 0.626. The number of anilines is 1. The molecule has 0 spiro atoms. The van der Waals surface area contributed by atoms with E-state index in [9.17, 15) is 4.79 Å². The second-order valence-corrected chi connectivity index (χ2v) is 6.96. The van der Waals surface area contributed by atoms with Gasteiger partial charge in [-0.25, -0.2) is 0 Å². The van der Waals surface area contributed by atoms with Crippen LogP contribution in [0.4, 0.5) is 5.69 Å². The summed E-state index contributed by atoms with van der Waals surface area (Å²) in [6.45, 7) is 2.55. The minimum Gasteiger partial charge on any atom is -0.411 e. The van der Waals surface area contributed by atoms with Crippen molar-refractivity contribution in [3.63, 3.8) is 0 Å². The van der Waals surface area contributed by atoms with Gasteiger partial charge in [0, 0.05) is 29.9 Å². The van der Waals surface area contributed by atoms with Crippen LogP contribution in [0.25, 0.3) is 22.2 Å². The van der Waals surface area contributed by atoms with Crippen molar-refractivity contribution in [3.8, 4) is 11.5 Å². The van der Waals surface area contributed by atoms with Crippen LogP contribution in [-0.2, 0) is 4.79 Å². The van der Waals surface area contributed by atoms with Crippen molar-refractivity contribution in [2.45, 2.75) is 12.1 Å². The van der Waals surface area contributed by atoms with E-state index < -0.39 is 0 Å². The molecule has 0 unspecified atom stereocenters. The zero-order chi connectivity index (χ0) is 19.3. The van der Waals surface area contributed by atoms with Crippen LogP contribution in [0.3, 0.4) is 0 Å². The maximum absolute atomic E-state index is 12.9. The summed E-state index contributed by atoms with van der Waals surface area (Å²) in [7, 11) is 0. The van der Waals surface area contributed by atoms with Crippen LogP contribution in [-0.4, -0.2) is 33.4 Å². The highest BCUT2D eigenvalue weighted by molar-refractivity contribution is 7.99. The van der Waals surface area contributed by atoms with Crippen molar-refractivity contribution in [1.29, 1.82) is 0 Å². The molecule has 28 heavy (non-hydrogen) atoms. The van der Waals surface area contributed by atoms with Crippen LogP contribution < -0.4 is 4.90 Å². The van der Waals surface area contributed by atoms with E-state index in [2.05, 4.69) is 15.2 Å². The number of nitrogens with zero attached hydrogens (tertiary/aromatic N) is 4. The van der Waals surface area contributed by atoms with Crippen LogP contribution in [0.5, 0.6) is 0 Å². The van der Waals surface area contributed by atoms with E-state index in [1.165, 1.54) is 11.8 Å². The Morgan fingerprint density at radius 2 is 1.82 bits per heavy atom. The lowest BCUT2D eigenvalue weighted by Crippen LogP contribution is -2.32. The number of pyridine rings is 1. The smallest absolute Gasteiger partial charge is 0.277 e. The minimum absolute atomic E-state index is 0.00693. The van der Waals surface area contributed by atoms with Gasteiger partial charge in [0.2, 0.25) is 11.8 Å². The number of amides is 1. The molecule has 2 aromatic carbocycles. The first-order valence-corrected chi connectivity index (χ1v) is 9.89. The molecule has 7 heteroatoms. The van der Waals surface area contributed by atoms with Gasteiger partial charge in [0.25, 0.3) is 5.22 Å². The maximum atomic E-state index is 12.9. The Morgan fingerprint density at radius 3 is 2.64 bits per heavy atom. The third-order valence-corrected chi connectivity index (χ3v) is 5.13. The number of aromatic nitrogens is 3. The van der Waals surface area contributed by atoms with Crippen LogP contribution in [0.1, 0.15) is 6.92 Å². The number of benzene rings is 2. The molecule has 0 saturated carbocycles. The second-order valence-electron chi connectivity index (χ2n) is 6.03. The summed E-state index contributed by atoms with van der Waals surface area (Å²) < 4.78 is 5.65. The minimum atomic E-state index is -0.00693. The number of rotatable bonds is 6. The van der Waals surface area contributed by atoms with Crippen molar-refractivity contribution in [2.24, 2.45) is 0 Å². The summed E-state index contributed by atoms with van der Waals surface area (Å²) in [5, 5.41) is 10.6. The zero-order valence-electron chi connectivity index (χ0n) is 15.3. The highest BCUT2D eigenvalue weighted by Gasteiger charge is 2.18. The largest absolute Gasteiger partial charge is 0.411 e. The van der Waals surface area contributed by atoms with Gasteiger partial charge >= 0.3 is 0 Å². The monoisotopic (exact) mass is 390 g/mol. The van der Waals surface area contributed by atoms with E-state index in [1.807, 2.05) is 49.4 Å². The predicted molar refractivity (Wildman–Crippen MR) is 110 cm³/mol. The Labute approximate surface area is 166 Å². The molecule has 0 aliphatic heterocycles. The predicted octanol–water partition coefficient (Wildman–Crippen LogP) is 4.43. The van der Waals surface area contributed by atoms with Crippen molar-refractivity contribution >= 4 is 34.1 Å². The fraction of sp³-hybridized carbons (Fsp3) is 0.143. The fourth-order valence-electron chi connectivity index (χ4n) is 3.01. The van der Waals surface area contributed by atoms with Crippen LogP contribution in [0, 0.1) is 0 Å². The highest BCUT2D eigenvalue weighted by Crippen LogP contribution is 2.28. The van der Waals surface area contributed by atoms with E-state index in [1.54, 1.807) is 29.4 Å². The Kier molecular flexibility index (Phi) is 5.34. The summed E-state index contributed by atoms with van der Waals surface area (Å²) >= 11 is 1.24. The average Bonchev–Trinajstić information content (AvgIpc) is 3.23. The standard InChI is InChI=1S/C21H18N4O2S/c1-2-25(18-9-5-7-15-6-3-4-8-17(15)18)19(26)14-28-21-24-23-20(27-21)16-10-12-22-13-11-16/h3-13H,2,14H2,1H3. The topological polar surface area (TPSA) is 72.1 Å². The summed E-state index contributed by atoms with van der Waals surface area (Å²) in [5.41, 5.74) is 1.71. The first kappa shape index (κ1) is 18.2. The van der Waals surface area contributed by atoms with Gasteiger partial charge in [-0.3, -0.25) is 9.78 Å². The molecular weight excluding hydrogens is 372 g/mol. The summed E-state index contributed by atoms with van der Waals surface area (Å²) in [4.78, 5) is 18.6. The van der Waals surface area contributed by atoms with Gasteiger partial charge in [0.05, 0.1) is 11.4 Å². The first-order chi connectivity index (χ1) is 13.8. The van der Waals surface area contributed by atoms with Crippen LogP contribution in [0.2, 0.25) is 0 Å². The molecule has 0 saturated heterocycles. The molecule has 140 valence electrons. The van der Waals surface area contributed by atoms with Gasteiger partial charge < -0.3 is 9.32 Å². The Balaban J connectivity index is 1.49. The number of hydrogen-bond donors (Lipinski definition) is 0. The lowest BCUT2D eigenvalue weighted by molar-refractivity contribution is -0.116. The molecule has 0 N–H and O–H groups in total. The Morgan fingerprint density at radius 1 is 1.04 bits per heavy atom. The molecule has 4 aromatic rings. The van der Waals surface area contributed by atoms with E-state index in [-0.39, 0.29) is 11.7 Å². The van der Waals surface area contributed by atoms with Crippen molar-refractivity contribution in [1.82, 2.24) is 15.2 Å². The molecule has 0 atom stereocenters. The first-order valence-electron chi connectivity index (χ1n) is 8.91. The molecule has 2 aromatic heterocycles. The van der Waals surface area contributed by atoms with Gasteiger partial charge in [-0.1, -0.05) is 48.2 Å². The van der Waals surface area contributed by atoms with Crippen molar-refractivity contribution in [3.05, 3.63) is 67.0 Å². The maximum Gasteiger partial charge on any atom is 0.277 e. The molecular formula is C21H18N4O2S. The Bertz CT molecular complexity index is 1090. The second kappa shape index (κ2) is 8.22. The Hall–Kier alpha value is -3.19. The molecule has 0 bridgehead atoms. The number of hydrogen-bond acceptors (Lipinski definition) is 6. The van der Waals surface area contributed by atoms with Gasteiger partial charge in [-0.05, 0) is 30.5 Å². The molecule has 2 heterocycles. The molecule has 1 amide bonds. The lowest BCUT2D eigenvalue weighted by atomic mass is 10.1. The number of fused-ring (bicyclic) bond motifs is 1. The average molecular weight is 390 g/mol. The van der Waals surface area contributed by atoms with E-state index >= 15 is 0 Å². The van der Waals surface area contributed by atoms with E-state index in [4.69, 9.17) is 4.42 Å². The number of carbonyl (C=O) groups excluding carboxylic acids is 1. The molecule has 0 radical (unpaired) electrons. The van der Waals surface area contributed by atoms with Gasteiger partial charge in [0.1, 0.15) is 0 Å². The normalized spacial score (nSPS) is 10.9. The van der Waals surface area contributed by atoms with Crippen molar-refractivity contribution < 1.29 is 9.21 Å². The summed E-state index contributed by atoms with van der Waals surface area (Å²) in [6.07, 6.45) is 3.33. The highest BCUT2D eigenvalue weighted by atomic mass is 32.2. The molecule has 6 nitrogen and oxygen atoms in total. The molecule has 0 fully saturated rings. The zero-order valence-corrected chi connectivity index (χ0v) is 16.1. The van der Waals surface area contributed by atoms with E-state index in [0.717, 1.165) is 22.0 Å². The van der Waals surface area contributed by atoms with Gasteiger partial charge in [-0.2, -0.15) is 0 Å². The number of carbonyl (C=O) groups is 1. The van der Waals surface area contributed by atoms with Crippen molar-refractivity contribution in [2.75, 3.05) is 17.2 Å². The van der Waals surface area contributed by atoms with Gasteiger partial charge in [0.15, 0.2) is 0 Å². The fourth-order valence-corrected chi connectivity index (χ4v) is 3.64. The van der Waals surface area contributed by atoms with Crippen LogP contribution >= 0.6 is 11.8 Å². The molecule has 4 rings (SSSR count). The quantitative estimate of drug-likeness (QED) is 0.454. The number of thioether (sulfide) groups is 1. The van der Waals surface area contributed by atoms with E-state index in [0.29, 0.717) is 17.7 Å². The van der Waals surface area contributed by atoms with Gasteiger partial charge in [-0.15, -0.1) is 10.2 Å². The van der Waals surface area contributed by atoms with Crippen LogP contribution in [0.15, 0.2) is 76.6 Å². The third kappa shape index (κ3) is 3.75. The summed E-state index contributed by atoms with van der Waals surface area (Å²) in [6, 6.07) is 17.7. The molecule has 0 aliphatic carbocycles.